The number of benzene rings is 1. The van der Waals surface area contributed by atoms with Gasteiger partial charge in [-0.05, 0) is 63.6 Å². The van der Waals surface area contributed by atoms with Crippen LogP contribution in [-0.2, 0) is 11.3 Å². The fourth-order valence-electron chi connectivity index (χ4n) is 2.67. The maximum atomic E-state index is 14.1. The number of carbonyl (C=O) groups excluding carboxylic acids is 2. The Hall–Kier alpha value is -2.86. The van der Waals surface area contributed by atoms with Crippen LogP contribution < -0.4 is 15.4 Å². The normalized spacial score (nSPS) is 10.9. The van der Waals surface area contributed by atoms with Gasteiger partial charge in [0.2, 0.25) is 5.88 Å². The summed E-state index contributed by atoms with van der Waals surface area (Å²) in [6.45, 7) is 1.82. The van der Waals surface area contributed by atoms with Gasteiger partial charge < -0.3 is 19.7 Å². The van der Waals surface area contributed by atoms with E-state index in [0.717, 1.165) is 44.1 Å². The van der Waals surface area contributed by atoms with Crippen molar-refractivity contribution in [2.24, 2.45) is 0 Å². The third kappa shape index (κ3) is 6.57. The highest BCUT2D eigenvalue weighted by Gasteiger charge is 2.26. The Balaban J connectivity index is 2.08. The van der Waals surface area contributed by atoms with E-state index in [1.807, 2.05) is 19.0 Å². The van der Waals surface area contributed by atoms with Crippen LogP contribution in [0.25, 0.3) is 0 Å². The first kappa shape index (κ1) is 25.4. The van der Waals surface area contributed by atoms with Crippen molar-refractivity contribution in [2.75, 3.05) is 39.6 Å². The van der Waals surface area contributed by atoms with Crippen molar-refractivity contribution in [3.8, 4) is 5.88 Å². The summed E-state index contributed by atoms with van der Waals surface area (Å²) >= 11 is 0.729. The van der Waals surface area contributed by atoms with Crippen LogP contribution in [0.4, 0.5) is 23.0 Å². The second-order valence-corrected chi connectivity index (χ2v) is 7.92. The van der Waals surface area contributed by atoms with Gasteiger partial charge in [-0.3, -0.25) is 5.32 Å². The fraction of sp³-hybridized carbons (Fsp3) is 0.450. The lowest BCUT2D eigenvalue weighted by Gasteiger charge is -2.11. The zero-order valence-electron chi connectivity index (χ0n) is 18.2. The van der Waals surface area contributed by atoms with Crippen LogP contribution in [0.3, 0.4) is 0 Å². The number of unbranched alkanes of at least 4 members (excludes halogenated alkanes) is 1. The molecule has 0 radical (unpaired) electrons. The summed E-state index contributed by atoms with van der Waals surface area (Å²) in [7, 11) is 5.03. The van der Waals surface area contributed by atoms with Gasteiger partial charge in [0, 0.05) is 6.54 Å². The molecule has 1 aromatic heterocycles. The number of anilines is 1. The van der Waals surface area contributed by atoms with Crippen LogP contribution in [0.2, 0.25) is 0 Å². The number of methoxy groups -OCH3 is 1. The zero-order valence-corrected chi connectivity index (χ0v) is 19.0. The van der Waals surface area contributed by atoms with Crippen molar-refractivity contribution in [1.29, 1.82) is 0 Å². The Bertz CT molecular complexity index is 969. The molecule has 0 fully saturated rings. The van der Waals surface area contributed by atoms with E-state index in [-0.39, 0.29) is 22.0 Å². The van der Waals surface area contributed by atoms with E-state index in [1.165, 1.54) is 6.92 Å². The van der Waals surface area contributed by atoms with Gasteiger partial charge in [-0.2, -0.15) is 4.37 Å². The molecule has 32 heavy (non-hydrogen) atoms. The summed E-state index contributed by atoms with van der Waals surface area (Å²) in [5.74, 6) is -4.75. The number of aromatic nitrogens is 1. The number of nitrogens with zero attached hydrogens (tertiary/aromatic N) is 2. The number of hydrogen-bond donors (Lipinski definition) is 2. The number of amides is 2. The molecular weight excluding hydrogens is 449 g/mol. The second kappa shape index (κ2) is 11.7. The number of ether oxygens (including phenoxy) is 2. The van der Waals surface area contributed by atoms with Gasteiger partial charge in [-0.25, -0.2) is 22.8 Å². The lowest BCUT2D eigenvalue weighted by molar-refractivity contribution is 0.0596. The minimum atomic E-state index is -1.38. The molecule has 2 N–H and O–H groups in total. The highest BCUT2D eigenvalue weighted by molar-refractivity contribution is 7.11. The SMILES string of the molecule is COC(=O)c1c(OCc2c(F)cc(C)c(F)c2F)nsc1NC(=O)NCCCCN(C)C. The highest BCUT2D eigenvalue weighted by Crippen LogP contribution is 2.32. The van der Waals surface area contributed by atoms with Gasteiger partial charge in [0.15, 0.2) is 17.2 Å². The first-order valence-electron chi connectivity index (χ1n) is 9.69. The number of esters is 1. The molecular formula is C20H25F3N4O4S. The number of aryl methyl sites for hydroxylation is 1. The minimum Gasteiger partial charge on any atom is -0.471 e. The third-order valence-corrected chi connectivity index (χ3v) is 5.13. The number of carbonyl (C=O) groups is 2. The Kier molecular flexibility index (Phi) is 9.27. The predicted octanol–water partition coefficient (Wildman–Crippen LogP) is 3.70. The quantitative estimate of drug-likeness (QED) is 0.310. The van der Waals surface area contributed by atoms with Crippen molar-refractivity contribution < 1.29 is 32.2 Å². The molecule has 0 bridgehead atoms. The number of hydrogen-bond acceptors (Lipinski definition) is 7. The molecule has 12 heteroatoms. The average Bonchev–Trinajstić information content (AvgIpc) is 3.13. The van der Waals surface area contributed by atoms with Crippen LogP contribution in [0.1, 0.15) is 34.3 Å². The Labute approximate surface area is 187 Å². The largest absolute Gasteiger partial charge is 0.471 e. The van der Waals surface area contributed by atoms with Crippen LogP contribution >= 0.6 is 11.5 Å². The standard InChI is InChI=1S/C20H25F3N4O4S/c1-11-9-13(21)12(16(23)15(11)22)10-31-17-14(19(28)30-4)18(32-26-17)25-20(29)24-7-5-6-8-27(2)3/h9H,5-8,10H2,1-4H3,(H2,24,25,29). The molecule has 0 unspecified atom stereocenters. The molecule has 0 atom stereocenters. The molecule has 2 aromatic rings. The third-order valence-electron chi connectivity index (χ3n) is 4.38. The van der Waals surface area contributed by atoms with E-state index in [4.69, 9.17) is 9.47 Å². The number of urea groups is 1. The average molecular weight is 475 g/mol. The van der Waals surface area contributed by atoms with Gasteiger partial charge in [0.25, 0.3) is 0 Å². The first-order chi connectivity index (χ1) is 15.1. The topological polar surface area (TPSA) is 92.8 Å². The first-order valence-corrected chi connectivity index (χ1v) is 10.5. The lowest BCUT2D eigenvalue weighted by atomic mass is 10.1. The molecule has 0 saturated heterocycles. The Morgan fingerprint density at radius 2 is 1.91 bits per heavy atom. The van der Waals surface area contributed by atoms with Crippen LogP contribution in [0.5, 0.6) is 5.88 Å². The van der Waals surface area contributed by atoms with Crippen molar-refractivity contribution in [2.45, 2.75) is 26.4 Å². The molecule has 2 amide bonds. The molecule has 0 aliphatic heterocycles. The van der Waals surface area contributed by atoms with Crippen LogP contribution in [0.15, 0.2) is 6.07 Å². The van der Waals surface area contributed by atoms with Crippen LogP contribution in [0, 0.1) is 24.4 Å². The summed E-state index contributed by atoms with van der Waals surface area (Å²) in [5, 5.41) is 5.18. The maximum Gasteiger partial charge on any atom is 0.346 e. The molecule has 0 aliphatic carbocycles. The smallest absolute Gasteiger partial charge is 0.346 e. The van der Waals surface area contributed by atoms with E-state index in [2.05, 4.69) is 15.0 Å². The van der Waals surface area contributed by atoms with Gasteiger partial charge >= 0.3 is 12.0 Å². The molecule has 0 spiro atoms. The Morgan fingerprint density at radius 3 is 2.56 bits per heavy atom. The van der Waals surface area contributed by atoms with Crippen LogP contribution in [-0.4, -0.2) is 55.6 Å². The Morgan fingerprint density at radius 1 is 1.19 bits per heavy atom. The highest BCUT2D eigenvalue weighted by atomic mass is 32.1. The van der Waals surface area contributed by atoms with Gasteiger partial charge in [0.1, 0.15) is 17.4 Å². The van der Waals surface area contributed by atoms with E-state index in [0.29, 0.717) is 6.54 Å². The number of rotatable bonds is 10. The molecule has 1 heterocycles. The summed E-state index contributed by atoms with van der Waals surface area (Å²) in [4.78, 5) is 26.3. The van der Waals surface area contributed by atoms with Crippen molar-refractivity contribution in [1.82, 2.24) is 14.6 Å². The molecule has 1 aromatic carbocycles. The van der Waals surface area contributed by atoms with E-state index >= 15 is 0 Å². The molecule has 8 nitrogen and oxygen atoms in total. The molecule has 2 rings (SSSR count). The second-order valence-electron chi connectivity index (χ2n) is 7.15. The number of halogens is 3. The maximum absolute atomic E-state index is 14.1. The predicted molar refractivity (Wildman–Crippen MR) is 114 cm³/mol. The number of nitrogens with one attached hydrogen (secondary N) is 2. The van der Waals surface area contributed by atoms with Crippen molar-refractivity contribution in [3.63, 3.8) is 0 Å². The van der Waals surface area contributed by atoms with E-state index < -0.39 is 41.6 Å². The summed E-state index contributed by atoms with van der Waals surface area (Å²) in [5.41, 5.74) is -1.05. The minimum absolute atomic E-state index is 0.0358. The monoisotopic (exact) mass is 474 g/mol. The lowest BCUT2D eigenvalue weighted by Crippen LogP contribution is -2.30. The summed E-state index contributed by atoms with van der Waals surface area (Å²) in [6, 6.07) is 0.280. The molecule has 176 valence electrons. The fourth-order valence-corrected chi connectivity index (χ4v) is 3.39. The molecule has 0 saturated carbocycles. The van der Waals surface area contributed by atoms with E-state index in [1.54, 1.807) is 0 Å². The summed E-state index contributed by atoms with van der Waals surface area (Å²) in [6.07, 6.45) is 1.66. The van der Waals surface area contributed by atoms with Gasteiger partial charge in [-0.1, -0.05) is 0 Å². The summed E-state index contributed by atoms with van der Waals surface area (Å²) < 4.78 is 55.8. The van der Waals surface area contributed by atoms with Crippen molar-refractivity contribution in [3.05, 3.63) is 40.2 Å². The zero-order chi connectivity index (χ0) is 23.8. The van der Waals surface area contributed by atoms with E-state index in [9.17, 15) is 22.8 Å². The molecule has 0 aliphatic rings. The van der Waals surface area contributed by atoms with Gasteiger partial charge in [-0.15, -0.1) is 0 Å². The van der Waals surface area contributed by atoms with Crippen molar-refractivity contribution >= 4 is 28.5 Å². The van der Waals surface area contributed by atoms with Gasteiger partial charge in [0.05, 0.1) is 12.7 Å².